The van der Waals surface area contributed by atoms with Gasteiger partial charge in [0.15, 0.2) is 0 Å². The van der Waals surface area contributed by atoms with Crippen LogP contribution < -0.4 is 11.1 Å². The molecule has 0 aliphatic carbocycles. The van der Waals surface area contributed by atoms with Crippen LogP contribution in [0.5, 0.6) is 0 Å². The number of amides is 1. The summed E-state index contributed by atoms with van der Waals surface area (Å²) >= 11 is 0. The summed E-state index contributed by atoms with van der Waals surface area (Å²) in [5.74, 6) is -3.48. The molecule has 3 N–H and O–H groups in total. The number of hydrogen-bond donors (Lipinski definition) is 2. The SMILES string of the molecule is CCOCCC(=O)NCC(F)(F)CN.Cl. The Balaban J connectivity index is 0. The maximum absolute atomic E-state index is 12.5. The van der Waals surface area contributed by atoms with Crippen LogP contribution in [0.3, 0.4) is 0 Å². The van der Waals surface area contributed by atoms with Gasteiger partial charge < -0.3 is 15.8 Å². The van der Waals surface area contributed by atoms with Crippen molar-refractivity contribution in [1.82, 2.24) is 5.32 Å². The molecule has 1 amide bonds. The van der Waals surface area contributed by atoms with Crippen LogP contribution in [0.1, 0.15) is 13.3 Å². The first-order valence-corrected chi connectivity index (χ1v) is 4.44. The Kier molecular flexibility index (Phi) is 9.96. The van der Waals surface area contributed by atoms with Crippen LogP contribution in [-0.2, 0) is 9.53 Å². The summed E-state index contributed by atoms with van der Waals surface area (Å²) in [4.78, 5) is 10.9. The van der Waals surface area contributed by atoms with E-state index in [1.165, 1.54) is 0 Å². The molecule has 0 saturated heterocycles. The van der Waals surface area contributed by atoms with Gasteiger partial charge in [-0.25, -0.2) is 8.78 Å². The van der Waals surface area contributed by atoms with Crippen LogP contribution in [0.25, 0.3) is 0 Å². The summed E-state index contributed by atoms with van der Waals surface area (Å²) in [6.45, 7) is 1.07. The molecule has 0 saturated carbocycles. The third-order valence-corrected chi connectivity index (χ3v) is 1.52. The second-order valence-corrected chi connectivity index (χ2v) is 2.78. The summed E-state index contributed by atoms with van der Waals surface area (Å²) in [5.41, 5.74) is 4.79. The van der Waals surface area contributed by atoms with Crippen molar-refractivity contribution in [2.75, 3.05) is 26.3 Å². The van der Waals surface area contributed by atoms with Crippen LogP contribution in [0.15, 0.2) is 0 Å². The largest absolute Gasteiger partial charge is 0.381 e. The summed E-state index contributed by atoms with van der Waals surface area (Å²) in [7, 11) is 0. The lowest BCUT2D eigenvalue weighted by atomic mass is 10.3. The molecule has 4 nitrogen and oxygen atoms in total. The highest BCUT2D eigenvalue weighted by atomic mass is 35.5. The molecule has 0 spiro atoms. The maximum Gasteiger partial charge on any atom is 0.277 e. The maximum atomic E-state index is 12.5. The molecule has 0 unspecified atom stereocenters. The quantitative estimate of drug-likeness (QED) is 0.645. The monoisotopic (exact) mass is 246 g/mol. The van der Waals surface area contributed by atoms with E-state index in [1.54, 1.807) is 6.92 Å². The molecule has 92 valence electrons. The van der Waals surface area contributed by atoms with Crippen molar-refractivity contribution in [3.63, 3.8) is 0 Å². The zero-order valence-corrected chi connectivity index (χ0v) is 9.41. The van der Waals surface area contributed by atoms with Crippen LogP contribution in [0.4, 0.5) is 8.78 Å². The van der Waals surface area contributed by atoms with Crippen molar-refractivity contribution in [3.8, 4) is 0 Å². The van der Waals surface area contributed by atoms with Gasteiger partial charge in [0.1, 0.15) is 0 Å². The smallest absolute Gasteiger partial charge is 0.277 e. The predicted molar refractivity (Wildman–Crippen MR) is 55.4 cm³/mol. The van der Waals surface area contributed by atoms with E-state index in [-0.39, 0.29) is 25.4 Å². The normalized spacial score (nSPS) is 10.7. The zero-order valence-electron chi connectivity index (χ0n) is 8.59. The minimum absolute atomic E-state index is 0. The van der Waals surface area contributed by atoms with Crippen molar-refractivity contribution < 1.29 is 18.3 Å². The predicted octanol–water partition coefficient (Wildman–Crippen LogP) is 0.545. The fourth-order valence-electron chi connectivity index (χ4n) is 0.698. The van der Waals surface area contributed by atoms with E-state index in [0.717, 1.165) is 0 Å². The molecule has 0 aromatic carbocycles. The zero-order chi connectivity index (χ0) is 11.0. The number of ether oxygens (including phenoxy) is 1. The minimum atomic E-state index is -3.03. The highest BCUT2D eigenvalue weighted by Gasteiger charge is 2.26. The molecule has 0 aliphatic rings. The van der Waals surface area contributed by atoms with Gasteiger partial charge in [-0.2, -0.15) is 0 Å². The van der Waals surface area contributed by atoms with Crippen molar-refractivity contribution in [3.05, 3.63) is 0 Å². The number of hydrogen-bond acceptors (Lipinski definition) is 3. The summed E-state index contributed by atoms with van der Waals surface area (Å²) < 4.78 is 30.0. The molecule has 15 heavy (non-hydrogen) atoms. The summed E-state index contributed by atoms with van der Waals surface area (Å²) in [6, 6.07) is 0. The molecule has 0 heterocycles. The van der Waals surface area contributed by atoms with Gasteiger partial charge in [-0.3, -0.25) is 4.79 Å². The highest BCUT2D eigenvalue weighted by Crippen LogP contribution is 2.08. The average molecular weight is 247 g/mol. The molecule has 0 rings (SSSR count). The van der Waals surface area contributed by atoms with Gasteiger partial charge in [0, 0.05) is 13.0 Å². The fraction of sp³-hybridized carbons (Fsp3) is 0.875. The summed E-state index contributed by atoms with van der Waals surface area (Å²) in [6.07, 6.45) is 0.0918. The van der Waals surface area contributed by atoms with Crippen LogP contribution in [0, 0.1) is 0 Å². The molecule has 7 heteroatoms. The van der Waals surface area contributed by atoms with Gasteiger partial charge in [0.2, 0.25) is 5.91 Å². The van der Waals surface area contributed by atoms with Gasteiger partial charge in [-0.15, -0.1) is 12.4 Å². The Morgan fingerprint density at radius 3 is 2.60 bits per heavy atom. The van der Waals surface area contributed by atoms with Crippen molar-refractivity contribution in [1.29, 1.82) is 0 Å². The second kappa shape index (κ2) is 8.82. The third-order valence-electron chi connectivity index (χ3n) is 1.52. The number of nitrogens with two attached hydrogens (primary N) is 1. The first-order chi connectivity index (χ1) is 6.52. The van der Waals surface area contributed by atoms with Gasteiger partial charge in [-0.1, -0.05) is 0 Å². The van der Waals surface area contributed by atoms with Gasteiger partial charge in [0.05, 0.1) is 19.7 Å². The number of halogens is 3. The first kappa shape index (κ1) is 17.0. The van der Waals surface area contributed by atoms with Crippen molar-refractivity contribution >= 4 is 18.3 Å². The molecule has 0 aliphatic heterocycles. The third kappa shape index (κ3) is 9.84. The molecular formula is C8H17ClF2N2O2. The molecule has 0 atom stereocenters. The van der Waals surface area contributed by atoms with E-state index in [4.69, 9.17) is 10.5 Å². The number of alkyl halides is 2. The Labute approximate surface area is 93.9 Å². The van der Waals surface area contributed by atoms with E-state index < -0.39 is 24.9 Å². The number of nitrogens with one attached hydrogen (secondary N) is 1. The van der Waals surface area contributed by atoms with Gasteiger partial charge in [0.25, 0.3) is 5.92 Å². The van der Waals surface area contributed by atoms with E-state index in [2.05, 4.69) is 5.32 Å². The lowest BCUT2D eigenvalue weighted by Crippen LogP contribution is -2.41. The number of rotatable bonds is 7. The van der Waals surface area contributed by atoms with E-state index in [0.29, 0.717) is 6.61 Å². The number of carbonyl (C=O) groups is 1. The highest BCUT2D eigenvalue weighted by molar-refractivity contribution is 5.85. The molecular weight excluding hydrogens is 230 g/mol. The number of carbonyl (C=O) groups excluding carboxylic acids is 1. The lowest BCUT2D eigenvalue weighted by Gasteiger charge is -2.14. The van der Waals surface area contributed by atoms with Crippen LogP contribution >= 0.6 is 12.4 Å². The Morgan fingerprint density at radius 2 is 2.13 bits per heavy atom. The molecule has 0 bridgehead atoms. The Bertz CT molecular complexity index is 182. The van der Waals surface area contributed by atoms with E-state index in [1.807, 2.05) is 0 Å². The van der Waals surface area contributed by atoms with E-state index >= 15 is 0 Å². The van der Waals surface area contributed by atoms with Crippen LogP contribution in [0.2, 0.25) is 0 Å². The summed E-state index contributed by atoms with van der Waals surface area (Å²) in [5, 5.41) is 2.08. The fourth-order valence-corrected chi connectivity index (χ4v) is 0.698. The van der Waals surface area contributed by atoms with E-state index in [9.17, 15) is 13.6 Å². The van der Waals surface area contributed by atoms with Gasteiger partial charge >= 0.3 is 0 Å². The average Bonchev–Trinajstić information content (AvgIpc) is 2.16. The van der Waals surface area contributed by atoms with Crippen molar-refractivity contribution in [2.45, 2.75) is 19.3 Å². The first-order valence-electron chi connectivity index (χ1n) is 4.44. The molecule has 0 fully saturated rings. The standard InChI is InChI=1S/C8H16F2N2O2.ClH/c1-2-14-4-3-7(13)12-6-8(9,10)5-11;/h2-6,11H2,1H3,(H,12,13);1H. The minimum Gasteiger partial charge on any atom is -0.381 e. The topological polar surface area (TPSA) is 64.3 Å². The van der Waals surface area contributed by atoms with Crippen LogP contribution in [-0.4, -0.2) is 38.1 Å². The van der Waals surface area contributed by atoms with Crippen molar-refractivity contribution in [2.24, 2.45) is 5.73 Å². The second-order valence-electron chi connectivity index (χ2n) is 2.78. The Morgan fingerprint density at radius 1 is 1.53 bits per heavy atom. The molecule has 0 radical (unpaired) electrons. The Hall–Kier alpha value is -0.460. The van der Waals surface area contributed by atoms with Gasteiger partial charge in [-0.05, 0) is 6.92 Å². The lowest BCUT2D eigenvalue weighted by molar-refractivity contribution is -0.123. The molecule has 0 aromatic heterocycles. The molecule has 0 aromatic rings.